The zero-order chi connectivity index (χ0) is 18.0. The second-order valence-corrected chi connectivity index (χ2v) is 5.44. The van der Waals surface area contributed by atoms with E-state index in [0.717, 1.165) is 5.56 Å². The van der Waals surface area contributed by atoms with Crippen molar-refractivity contribution < 1.29 is 14.5 Å². The molecule has 0 aliphatic rings. The highest BCUT2D eigenvalue weighted by Gasteiger charge is 2.19. The zero-order valence-corrected chi connectivity index (χ0v) is 13.4. The van der Waals surface area contributed by atoms with E-state index >= 15 is 0 Å². The molecule has 0 radical (unpaired) electrons. The van der Waals surface area contributed by atoms with Gasteiger partial charge in [0.05, 0.1) is 29.5 Å². The highest BCUT2D eigenvalue weighted by atomic mass is 16.6. The molecule has 0 N–H and O–H groups in total. The number of rotatable bonds is 5. The summed E-state index contributed by atoms with van der Waals surface area (Å²) in [7, 11) is 1.26. The molecule has 0 unspecified atom stereocenters. The molecule has 0 saturated heterocycles. The van der Waals surface area contributed by atoms with Crippen LogP contribution in [-0.2, 0) is 22.6 Å². The van der Waals surface area contributed by atoms with Crippen molar-refractivity contribution in [3.63, 3.8) is 0 Å². The molecule has 1 aromatic heterocycles. The highest BCUT2D eigenvalue weighted by molar-refractivity contribution is 5.82. The van der Waals surface area contributed by atoms with Crippen LogP contribution in [0.3, 0.4) is 0 Å². The Morgan fingerprint density at radius 2 is 1.88 bits per heavy atom. The molecule has 0 saturated carbocycles. The fourth-order valence-corrected chi connectivity index (χ4v) is 2.68. The van der Waals surface area contributed by atoms with Crippen LogP contribution in [0.2, 0.25) is 0 Å². The number of hydrogen-bond donors (Lipinski definition) is 0. The number of nitrogens with zero attached hydrogens (tertiary/aromatic N) is 3. The number of esters is 1. The van der Waals surface area contributed by atoms with Crippen molar-refractivity contribution in [2.24, 2.45) is 0 Å². The smallest absolute Gasteiger partial charge is 0.327 e. The van der Waals surface area contributed by atoms with E-state index < -0.39 is 16.5 Å². The lowest BCUT2D eigenvalue weighted by Gasteiger charge is -2.11. The Hall–Kier alpha value is -3.42. The first-order valence-electron chi connectivity index (χ1n) is 7.49. The van der Waals surface area contributed by atoms with Crippen LogP contribution < -0.4 is 5.56 Å². The van der Waals surface area contributed by atoms with Gasteiger partial charge < -0.3 is 4.74 Å². The van der Waals surface area contributed by atoms with Crippen LogP contribution in [0, 0.1) is 10.1 Å². The average molecular weight is 341 g/mol. The number of nitro benzene ring substituents is 1. The first kappa shape index (κ1) is 16.4. The lowest BCUT2D eigenvalue weighted by Crippen LogP contribution is -2.26. The summed E-state index contributed by atoms with van der Waals surface area (Å²) in [6, 6.07) is 13.3. The minimum atomic E-state index is -0.557. The molecule has 8 nitrogen and oxygen atoms in total. The summed E-state index contributed by atoms with van der Waals surface area (Å²) < 4.78 is 7.57. The van der Waals surface area contributed by atoms with Crippen LogP contribution >= 0.6 is 0 Å². The van der Waals surface area contributed by atoms with Crippen molar-refractivity contribution in [3.8, 4) is 0 Å². The van der Waals surface area contributed by atoms with Gasteiger partial charge in [-0.1, -0.05) is 30.3 Å². The zero-order valence-electron chi connectivity index (χ0n) is 13.4. The molecule has 25 heavy (non-hydrogen) atoms. The number of methoxy groups -OCH3 is 1. The Bertz CT molecular complexity index is 1000. The van der Waals surface area contributed by atoms with Crippen molar-refractivity contribution in [2.75, 3.05) is 7.11 Å². The largest absolute Gasteiger partial charge is 0.468 e. The van der Waals surface area contributed by atoms with E-state index in [0.29, 0.717) is 5.52 Å². The number of hydrogen-bond acceptors (Lipinski definition) is 5. The van der Waals surface area contributed by atoms with Crippen LogP contribution in [-0.4, -0.2) is 27.4 Å². The van der Waals surface area contributed by atoms with Crippen LogP contribution in [0.5, 0.6) is 0 Å². The number of non-ortho nitro benzene ring substituents is 1. The van der Waals surface area contributed by atoms with E-state index in [-0.39, 0.29) is 24.2 Å². The predicted octanol–water partition coefficient (Wildman–Crippen LogP) is 1.93. The number of carbonyl (C=O) groups excluding carboxylic acids is 1. The van der Waals surface area contributed by atoms with Crippen molar-refractivity contribution in [2.45, 2.75) is 13.1 Å². The molecule has 8 heteroatoms. The number of carbonyl (C=O) groups is 1. The Labute approximate surface area is 142 Å². The molecule has 0 bridgehead atoms. The van der Waals surface area contributed by atoms with E-state index in [1.807, 2.05) is 30.3 Å². The predicted molar refractivity (Wildman–Crippen MR) is 90.4 cm³/mol. The number of benzene rings is 2. The molecule has 2 aromatic carbocycles. The van der Waals surface area contributed by atoms with Gasteiger partial charge >= 0.3 is 5.97 Å². The minimum absolute atomic E-state index is 0.167. The highest BCUT2D eigenvalue weighted by Crippen LogP contribution is 2.20. The van der Waals surface area contributed by atoms with Gasteiger partial charge in [-0.2, -0.15) is 0 Å². The molecule has 0 aliphatic heterocycles. The van der Waals surface area contributed by atoms with E-state index in [4.69, 9.17) is 4.74 Å². The molecule has 0 spiro atoms. The third-order valence-corrected chi connectivity index (χ3v) is 3.91. The lowest BCUT2D eigenvalue weighted by atomic mass is 10.2. The Morgan fingerprint density at radius 3 is 2.52 bits per heavy atom. The monoisotopic (exact) mass is 341 g/mol. The maximum atomic E-state index is 12.8. The number of aromatic nitrogens is 2. The molecule has 3 aromatic rings. The molecule has 0 fully saturated rings. The van der Waals surface area contributed by atoms with Gasteiger partial charge in [0.25, 0.3) is 11.2 Å². The molecule has 3 rings (SSSR count). The van der Waals surface area contributed by atoms with Crippen molar-refractivity contribution in [3.05, 3.63) is 74.6 Å². The molecular weight excluding hydrogens is 326 g/mol. The summed E-state index contributed by atoms with van der Waals surface area (Å²) in [5.74, 6) is -0.517. The van der Waals surface area contributed by atoms with Gasteiger partial charge in [0, 0.05) is 12.1 Å². The summed E-state index contributed by atoms with van der Waals surface area (Å²) in [6.07, 6.45) is 0. The fourth-order valence-electron chi connectivity index (χ4n) is 2.68. The summed E-state index contributed by atoms with van der Waals surface area (Å²) in [4.78, 5) is 34.9. The summed E-state index contributed by atoms with van der Waals surface area (Å²) in [6.45, 7) is 0.0685. The van der Waals surface area contributed by atoms with Gasteiger partial charge in [-0.25, -0.2) is 4.68 Å². The molecule has 0 amide bonds. The van der Waals surface area contributed by atoms with Gasteiger partial charge in [-0.05, 0) is 11.6 Å². The maximum Gasteiger partial charge on any atom is 0.327 e. The first-order valence-corrected chi connectivity index (χ1v) is 7.49. The van der Waals surface area contributed by atoms with Gasteiger partial charge in [0.1, 0.15) is 6.54 Å². The number of nitro groups is 1. The molecule has 0 atom stereocenters. The second-order valence-electron chi connectivity index (χ2n) is 5.44. The standard InChI is InChI=1S/C17H15N3O5/c1-25-16(21)11-18-15-8-7-13(20(23)24)9-14(15)17(22)19(18)10-12-5-3-2-4-6-12/h2-9H,10-11H2,1H3. The Morgan fingerprint density at radius 1 is 1.16 bits per heavy atom. The SMILES string of the molecule is COC(=O)Cn1c2ccc([N+](=O)[O-])cc2c(=O)n1Cc1ccccc1. The van der Waals surface area contributed by atoms with Gasteiger partial charge in [0.15, 0.2) is 0 Å². The van der Waals surface area contributed by atoms with Crippen molar-refractivity contribution in [1.29, 1.82) is 0 Å². The average Bonchev–Trinajstić information content (AvgIpc) is 2.87. The van der Waals surface area contributed by atoms with Crippen molar-refractivity contribution in [1.82, 2.24) is 9.36 Å². The third-order valence-electron chi connectivity index (χ3n) is 3.91. The number of fused-ring (bicyclic) bond motifs is 1. The molecule has 0 aliphatic carbocycles. The normalized spacial score (nSPS) is 10.8. The quantitative estimate of drug-likeness (QED) is 0.401. The molecule has 1 heterocycles. The fraction of sp³-hybridized carbons (Fsp3) is 0.176. The minimum Gasteiger partial charge on any atom is -0.468 e. The Kier molecular flexibility index (Phi) is 4.34. The van der Waals surface area contributed by atoms with E-state index in [1.165, 1.54) is 34.7 Å². The van der Waals surface area contributed by atoms with Gasteiger partial charge in [-0.3, -0.25) is 24.4 Å². The summed E-state index contributed by atoms with van der Waals surface area (Å²) in [5.41, 5.74) is 0.739. The van der Waals surface area contributed by atoms with Crippen LogP contribution in [0.25, 0.3) is 10.9 Å². The van der Waals surface area contributed by atoms with E-state index in [2.05, 4.69) is 0 Å². The third kappa shape index (κ3) is 3.14. The maximum absolute atomic E-state index is 12.8. The van der Waals surface area contributed by atoms with Crippen LogP contribution in [0.1, 0.15) is 5.56 Å². The molecular formula is C17H15N3O5. The summed E-state index contributed by atoms with van der Waals surface area (Å²) >= 11 is 0. The number of ether oxygens (including phenoxy) is 1. The Balaban J connectivity index is 2.19. The lowest BCUT2D eigenvalue weighted by molar-refractivity contribution is -0.384. The van der Waals surface area contributed by atoms with Crippen LogP contribution in [0.4, 0.5) is 5.69 Å². The van der Waals surface area contributed by atoms with Crippen LogP contribution in [0.15, 0.2) is 53.3 Å². The van der Waals surface area contributed by atoms with Gasteiger partial charge in [0.2, 0.25) is 0 Å². The van der Waals surface area contributed by atoms with Crippen molar-refractivity contribution >= 4 is 22.6 Å². The van der Waals surface area contributed by atoms with E-state index in [9.17, 15) is 19.7 Å². The van der Waals surface area contributed by atoms with E-state index in [1.54, 1.807) is 0 Å². The molecule has 128 valence electrons. The second kappa shape index (κ2) is 6.60. The van der Waals surface area contributed by atoms with Gasteiger partial charge in [-0.15, -0.1) is 0 Å². The topological polar surface area (TPSA) is 96.4 Å². The summed E-state index contributed by atoms with van der Waals surface area (Å²) in [5, 5.41) is 11.2. The first-order chi connectivity index (χ1) is 12.0.